The molecule has 3 heterocycles. The van der Waals surface area contributed by atoms with Gasteiger partial charge in [0.1, 0.15) is 28.9 Å². The van der Waals surface area contributed by atoms with Crippen molar-refractivity contribution in [2.75, 3.05) is 14.2 Å². The molecule has 2 aromatic carbocycles. The normalized spacial score (nSPS) is 11.1. The molecule has 9 heteroatoms. The van der Waals surface area contributed by atoms with Gasteiger partial charge in [-0.05, 0) is 42.5 Å². The van der Waals surface area contributed by atoms with Gasteiger partial charge in [0.2, 0.25) is 4.96 Å². The highest BCUT2D eigenvalue weighted by molar-refractivity contribution is 7.19. The SMILES string of the molecule is COc1ccc(-c2nn3c(COc4ccnc5cc(OC)ccc45)nnc3s2)cc1. The third-order valence-corrected chi connectivity index (χ3v) is 5.61. The predicted octanol–water partition coefficient (Wildman–Crippen LogP) is 4.00. The fourth-order valence-electron chi connectivity index (χ4n) is 3.09. The fraction of sp³-hybridized carbons (Fsp3) is 0.143. The molecule has 0 aliphatic rings. The second kappa shape index (κ2) is 7.60. The van der Waals surface area contributed by atoms with E-state index >= 15 is 0 Å². The smallest absolute Gasteiger partial charge is 0.235 e. The molecule has 5 aromatic rings. The van der Waals surface area contributed by atoms with E-state index in [9.17, 15) is 0 Å². The summed E-state index contributed by atoms with van der Waals surface area (Å²) in [6.45, 7) is 0.234. The van der Waals surface area contributed by atoms with E-state index in [1.54, 1.807) is 24.9 Å². The standard InChI is InChI=1S/C21H17N5O3S/c1-27-14-5-3-13(4-6-14)20-25-26-19(23-24-21(26)30-20)12-29-18-9-10-22-17-11-15(28-2)7-8-16(17)18/h3-11H,12H2,1-2H3. The summed E-state index contributed by atoms with van der Waals surface area (Å²) in [7, 11) is 3.28. The number of nitrogens with zero attached hydrogens (tertiary/aromatic N) is 5. The number of benzene rings is 2. The predicted molar refractivity (Wildman–Crippen MR) is 113 cm³/mol. The summed E-state index contributed by atoms with van der Waals surface area (Å²) in [6, 6.07) is 15.3. The number of fused-ring (bicyclic) bond motifs is 2. The summed E-state index contributed by atoms with van der Waals surface area (Å²) >= 11 is 1.47. The van der Waals surface area contributed by atoms with Gasteiger partial charge in [0.05, 0.1) is 19.7 Å². The van der Waals surface area contributed by atoms with Gasteiger partial charge < -0.3 is 14.2 Å². The molecule has 0 atom stereocenters. The fourth-order valence-corrected chi connectivity index (χ4v) is 3.96. The van der Waals surface area contributed by atoms with Crippen molar-refractivity contribution in [2.45, 2.75) is 6.61 Å². The van der Waals surface area contributed by atoms with E-state index in [1.165, 1.54) is 11.3 Å². The molecule has 0 aliphatic carbocycles. The molecule has 3 aromatic heterocycles. The van der Waals surface area contributed by atoms with Crippen molar-refractivity contribution in [3.05, 3.63) is 60.6 Å². The van der Waals surface area contributed by atoms with Crippen LogP contribution in [0.3, 0.4) is 0 Å². The number of hydrogen-bond donors (Lipinski definition) is 0. The lowest BCUT2D eigenvalue weighted by Crippen LogP contribution is -2.03. The van der Waals surface area contributed by atoms with Crippen LogP contribution in [0, 0.1) is 0 Å². The molecule has 0 saturated heterocycles. The molecule has 0 aliphatic heterocycles. The Morgan fingerprint density at radius 1 is 0.933 bits per heavy atom. The number of ether oxygens (including phenoxy) is 3. The van der Waals surface area contributed by atoms with Gasteiger partial charge in [-0.25, -0.2) is 0 Å². The second-order valence-corrected chi connectivity index (χ2v) is 7.38. The van der Waals surface area contributed by atoms with Gasteiger partial charge >= 0.3 is 0 Å². The van der Waals surface area contributed by atoms with Gasteiger partial charge in [0.25, 0.3) is 0 Å². The Balaban J connectivity index is 1.41. The first kappa shape index (κ1) is 18.3. The summed E-state index contributed by atoms with van der Waals surface area (Å²) in [6.07, 6.45) is 1.71. The van der Waals surface area contributed by atoms with Gasteiger partial charge in [0, 0.05) is 23.2 Å². The molecule has 5 rings (SSSR count). The molecule has 0 spiro atoms. The first-order valence-corrected chi connectivity index (χ1v) is 9.98. The summed E-state index contributed by atoms with van der Waals surface area (Å²) in [5, 5.41) is 14.9. The van der Waals surface area contributed by atoms with E-state index in [2.05, 4.69) is 20.3 Å². The Kier molecular flexibility index (Phi) is 4.64. The Morgan fingerprint density at radius 2 is 1.73 bits per heavy atom. The van der Waals surface area contributed by atoms with Gasteiger partial charge in [-0.3, -0.25) is 4.98 Å². The monoisotopic (exact) mass is 419 g/mol. The quantitative estimate of drug-likeness (QED) is 0.411. The molecular formula is C21H17N5O3S. The lowest BCUT2D eigenvalue weighted by Gasteiger charge is -2.08. The average Bonchev–Trinajstić information content (AvgIpc) is 3.38. The Bertz CT molecular complexity index is 1330. The maximum absolute atomic E-state index is 6.03. The maximum atomic E-state index is 6.03. The minimum Gasteiger partial charge on any atom is -0.497 e. The zero-order valence-corrected chi connectivity index (χ0v) is 17.1. The van der Waals surface area contributed by atoms with Crippen molar-refractivity contribution in [3.8, 4) is 27.8 Å². The van der Waals surface area contributed by atoms with Crippen LogP contribution in [0.2, 0.25) is 0 Å². The largest absolute Gasteiger partial charge is 0.497 e. The van der Waals surface area contributed by atoms with Crippen LogP contribution in [-0.4, -0.2) is 39.0 Å². The Hall–Kier alpha value is -3.72. The molecule has 0 unspecified atom stereocenters. The molecule has 0 fully saturated rings. The van der Waals surface area contributed by atoms with Crippen LogP contribution in [0.5, 0.6) is 17.2 Å². The summed E-state index contributed by atoms with van der Waals surface area (Å²) in [5.41, 5.74) is 1.79. The average molecular weight is 419 g/mol. The van der Waals surface area contributed by atoms with E-state index in [0.29, 0.717) is 16.5 Å². The molecule has 150 valence electrons. The number of rotatable bonds is 6. The molecule has 0 bridgehead atoms. The first-order chi connectivity index (χ1) is 14.7. The van der Waals surface area contributed by atoms with Crippen molar-refractivity contribution < 1.29 is 14.2 Å². The topological polar surface area (TPSA) is 83.7 Å². The zero-order valence-electron chi connectivity index (χ0n) is 16.3. The first-order valence-electron chi connectivity index (χ1n) is 9.16. The van der Waals surface area contributed by atoms with Gasteiger partial charge in [-0.2, -0.15) is 9.61 Å². The molecule has 0 radical (unpaired) electrons. The van der Waals surface area contributed by atoms with Gasteiger partial charge in [0.15, 0.2) is 5.82 Å². The number of methoxy groups -OCH3 is 2. The van der Waals surface area contributed by atoms with Crippen LogP contribution >= 0.6 is 11.3 Å². The van der Waals surface area contributed by atoms with Crippen molar-refractivity contribution in [1.29, 1.82) is 0 Å². The molecule has 30 heavy (non-hydrogen) atoms. The van der Waals surface area contributed by atoms with E-state index in [0.717, 1.165) is 33.0 Å². The van der Waals surface area contributed by atoms with Crippen LogP contribution in [0.4, 0.5) is 0 Å². The highest BCUT2D eigenvalue weighted by Crippen LogP contribution is 2.29. The van der Waals surface area contributed by atoms with Crippen LogP contribution in [0.15, 0.2) is 54.7 Å². The molecule has 0 amide bonds. The van der Waals surface area contributed by atoms with E-state index in [-0.39, 0.29) is 6.61 Å². The molecule has 0 saturated carbocycles. The van der Waals surface area contributed by atoms with Crippen molar-refractivity contribution in [3.63, 3.8) is 0 Å². The number of hydrogen-bond acceptors (Lipinski definition) is 8. The number of aromatic nitrogens is 5. The van der Waals surface area contributed by atoms with Gasteiger partial charge in [-0.15, -0.1) is 10.2 Å². The second-order valence-electron chi connectivity index (χ2n) is 6.43. The summed E-state index contributed by atoms with van der Waals surface area (Å²) in [5.74, 6) is 2.89. The number of pyridine rings is 1. The minimum absolute atomic E-state index is 0.234. The lowest BCUT2D eigenvalue weighted by atomic mass is 10.2. The molecular weight excluding hydrogens is 402 g/mol. The zero-order chi connectivity index (χ0) is 20.5. The third-order valence-electron chi connectivity index (χ3n) is 4.66. The summed E-state index contributed by atoms with van der Waals surface area (Å²) in [4.78, 5) is 5.09. The van der Waals surface area contributed by atoms with Crippen LogP contribution in [0.25, 0.3) is 26.4 Å². The van der Waals surface area contributed by atoms with Crippen LogP contribution < -0.4 is 14.2 Å². The third kappa shape index (κ3) is 3.29. The minimum atomic E-state index is 0.234. The van der Waals surface area contributed by atoms with Crippen LogP contribution in [0.1, 0.15) is 5.82 Å². The van der Waals surface area contributed by atoms with E-state index in [1.807, 2.05) is 48.5 Å². The van der Waals surface area contributed by atoms with E-state index < -0.39 is 0 Å². The molecule has 8 nitrogen and oxygen atoms in total. The van der Waals surface area contributed by atoms with Crippen molar-refractivity contribution in [2.24, 2.45) is 0 Å². The highest BCUT2D eigenvalue weighted by atomic mass is 32.1. The van der Waals surface area contributed by atoms with Crippen LogP contribution in [-0.2, 0) is 6.61 Å². The Morgan fingerprint density at radius 3 is 2.53 bits per heavy atom. The van der Waals surface area contributed by atoms with Gasteiger partial charge in [-0.1, -0.05) is 11.3 Å². The van der Waals surface area contributed by atoms with Crippen molar-refractivity contribution >= 4 is 27.2 Å². The lowest BCUT2D eigenvalue weighted by molar-refractivity contribution is 0.296. The summed E-state index contributed by atoms with van der Waals surface area (Å²) < 4.78 is 18.2. The molecule has 0 N–H and O–H groups in total. The highest BCUT2D eigenvalue weighted by Gasteiger charge is 2.14. The maximum Gasteiger partial charge on any atom is 0.235 e. The Labute approximate surface area is 175 Å². The van der Waals surface area contributed by atoms with Crippen molar-refractivity contribution in [1.82, 2.24) is 24.8 Å². The van der Waals surface area contributed by atoms with E-state index in [4.69, 9.17) is 14.2 Å².